The molecule has 1 atom stereocenters. The summed E-state index contributed by atoms with van der Waals surface area (Å²) in [6, 6.07) is 8.53. The second-order valence-electron chi connectivity index (χ2n) is 3.64. The van der Waals surface area contributed by atoms with E-state index >= 15 is 0 Å². The number of ether oxygens (including phenoxy) is 1. The average molecular weight is 254 g/mol. The first kappa shape index (κ1) is 11.9. The van der Waals surface area contributed by atoms with Gasteiger partial charge in [-0.1, -0.05) is 18.2 Å². The maximum atomic E-state index is 11.0. The van der Waals surface area contributed by atoms with E-state index in [1.54, 1.807) is 11.8 Å². The number of carbonyl (C=O) groups is 1. The van der Waals surface area contributed by atoms with Crippen LogP contribution in [0.5, 0.6) is 0 Å². The molecule has 0 saturated heterocycles. The summed E-state index contributed by atoms with van der Waals surface area (Å²) in [5, 5.41) is 0. The molecule has 1 aliphatic rings. The van der Waals surface area contributed by atoms with E-state index in [1.165, 1.54) is 17.6 Å². The van der Waals surface area contributed by atoms with Crippen LogP contribution in [0.25, 0.3) is 0 Å². The Labute approximate surface area is 104 Å². The van der Waals surface area contributed by atoms with Crippen molar-refractivity contribution in [3.8, 4) is 0 Å². The van der Waals surface area contributed by atoms with Crippen LogP contribution in [-0.2, 0) is 9.53 Å². The molecule has 2 rings (SSSR count). The lowest BCUT2D eigenvalue weighted by Gasteiger charge is -2.09. The zero-order valence-corrected chi connectivity index (χ0v) is 10.8. The van der Waals surface area contributed by atoms with Crippen molar-refractivity contribution in [1.29, 1.82) is 0 Å². The summed E-state index contributed by atoms with van der Waals surface area (Å²) in [6.07, 6.45) is 0. The fourth-order valence-corrected chi connectivity index (χ4v) is 4.10. The lowest BCUT2D eigenvalue weighted by atomic mass is 10.0. The van der Waals surface area contributed by atoms with E-state index < -0.39 is 0 Å². The van der Waals surface area contributed by atoms with Gasteiger partial charge in [-0.3, -0.25) is 4.79 Å². The normalized spacial score (nSPS) is 18.2. The number of fused-ring (bicyclic) bond motifs is 1. The first-order chi connectivity index (χ1) is 7.81. The molecule has 1 aliphatic heterocycles. The van der Waals surface area contributed by atoms with Gasteiger partial charge in [0.25, 0.3) is 0 Å². The van der Waals surface area contributed by atoms with Crippen LogP contribution in [0.1, 0.15) is 11.5 Å². The molecular weight excluding hydrogens is 240 g/mol. The largest absolute Gasteiger partial charge is 0.468 e. The minimum absolute atomic E-state index is 0.135. The Balaban J connectivity index is 1.86. The summed E-state index contributed by atoms with van der Waals surface area (Å²) in [5.41, 5.74) is 1.44. The Bertz CT molecular complexity index is 379. The molecule has 0 aliphatic carbocycles. The van der Waals surface area contributed by atoms with Gasteiger partial charge in [-0.15, -0.1) is 23.5 Å². The van der Waals surface area contributed by atoms with E-state index in [0.717, 1.165) is 11.5 Å². The summed E-state index contributed by atoms with van der Waals surface area (Å²) in [6.45, 7) is 0. The minimum atomic E-state index is -0.135. The molecule has 0 bridgehead atoms. The van der Waals surface area contributed by atoms with Crippen LogP contribution >= 0.6 is 23.5 Å². The van der Waals surface area contributed by atoms with Crippen LogP contribution in [-0.4, -0.2) is 30.3 Å². The SMILES string of the molecule is COC(=O)CSCC1CSc2ccccc21. The summed E-state index contributed by atoms with van der Waals surface area (Å²) in [4.78, 5) is 12.4. The number of thioether (sulfide) groups is 2. The Morgan fingerprint density at radius 3 is 3.19 bits per heavy atom. The molecule has 2 nitrogen and oxygen atoms in total. The molecule has 16 heavy (non-hydrogen) atoms. The number of esters is 1. The highest BCUT2D eigenvalue weighted by Gasteiger charge is 2.22. The Morgan fingerprint density at radius 2 is 2.38 bits per heavy atom. The van der Waals surface area contributed by atoms with Crippen molar-refractivity contribution >= 4 is 29.5 Å². The minimum Gasteiger partial charge on any atom is -0.468 e. The third-order valence-electron chi connectivity index (χ3n) is 2.57. The number of benzene rings is 1. The van der Waals surface area contributed by atoms with Crippen molar-refractivity contribution < 1.29 is 9.53 Å². The maximum Gasteiger partial charge on any atom is 0.315 e. The van der Waals surface area contributed by atoms with Gasteiger partial charge in [-0.2, -0.15) is 0 Å². The smallest absolute Gasteiger partial charge is 0.315 e. The van der Waals surface area contributed by atoms with E-state index in [9.17, 15) is 4.79 Å². The van der Waals surface area contributed by atoms with Gasteiger partial charge >= 0.3 is 5.97 Å². The molecule has 86 valence electrons. The zero-order valence-electron chi connectivity index (χ0n) is 9.14. The van der Waals surface area contributed by atoms with Gasteiger partial charge in [0.05, 0.1) is 12.9 Å². The molecule has 0 aromatic heterocycles. The van der Waals surface area contributed by atoms with Crippen LogP contribution in [0.2, 0.25) is 0 Å². The highest BCUT2D eigenvalue weighted by atomic mass is 32.2. The van der Waals surface area contributed by atoms with Crippen molar-refractivity contribution in [3.63, 3.8) is 0 Å². The molecule has 1 aromatic carbocycles. The summed E-state index contributed by atoms with van der Waals surface area (Å²) >= 11 is 3.57. The van der Waals surface area contributed by atoms with Crippen molar-refractivity contribution in [2.24, 2.45) is 0 Å². The topological polar surface area (TPSA) is 26.3 Å². The third-order valence-corrected chi connectivity index (χ3v) is 4.90. The third kappa shape index (κ3) is 2.74. The van der Waals surface area contributed by atoms with E-state index in [2.05, 4.69) is 29.0 Å². The zero-order chi connectivity index (χ0) is 11.4. The first-order valence-electron chi connectivity index (χ1n) is 5.17. The maximum absolute atomic E-state index is 11.0. The van der Waals surface area contributed by atoms with E-state index in [0.29, 0.717) is 11.7 Å². The highest BCUT2D eigenvalue weighted by molar-refractivity contribution is 8.00. The molecule has 0 fully saturated rings. The lowest BCUT2D eigenvalue weighted by molar-refractivity contribution is -0.137. The molecule has 1 heterocycles. The fraction of sp³-hybridized carbons (Fsp3) is 0.417. The van der Waals surface area contributed by atoms with Crippen LogP contribution in [0.15, 0.2) is 29.2 Å². The van der Waals surface area contributed by atoms with E-state index in [4.69, 9.17) is 0 Å². The molecule has 0 spiro atoms. The number of rotatable bonds is 4. The van der Waals surface area contributed by atoms with Gasteiger partial charge in [0.2, 0.25) is 0 Å². The van der Waals surface area contributed by atoms with Gasteiger partial charge in [-0.05, 0) is 11.6 Å². The van der Waals surface area contributed by atoms with Crippen LogP contribution in [0.3, 0.4) is 0 Å². The first-order valence-corrected chi connectivity index (χ1v) is 7.31. The second-order valence-corrected chi connectivity index (χ2v) is 5.73. The summed E-state index contributed by atoms with van der Waals surface area (Å²) in [5.74, 6) is 3.03. The van der Waals surface area contributed by atoms with Crippen molar-refractivity contribution in [3.05, 3.63) is 29.8 Å². The Morgan fingerprint density at radius 1 is 1.56 bits per heavy atom. The summed E-state index contributed by atoms with van der Waals surface area (Å²) in [7, 11) is 1.43. The quantitative estimate of drug-likeness (QED) is 0.772. The predicted octanol–water partition coefficient (Wildman–Crippen LogP) is 2.78. The molecule has 0 N–H and O–H groups in total. The molecule has 4 heteroatoms. The van der Waals surface area contributed by atoms with Crippen LogP contribution in [0, 0.1) is 0 Å². The van der Waals surface area contributed by atoms with E-state index in [-0.39, 0.29) is 5.97 Å². The van der Waals surface area contributed by atoms with Gasteiger partial charge in [0, 0.05) is 22.3 Å². The molecule has 1 unspecified atom stereocenters. The Hall–Kier alpha value is -0.610. The van der Waals surface area contributed by atoms with Crippen molar-refractivity contribution in [1.82, 2.24) is 0 Å². The monoisotopic (exact) mass is 254 g/mol. The molecule has 1 aromatic rings. The standard InChI is InChI=1S/C12H14O2S2/c1-14-12(13)8-15-6-9-7-16-11-5-3-2-4-10(9)11/h2-5,9H,6-8H2,1H3. The predicted molar refractivity (Wildman–Crippen MR) is 69.2 cm³/mol. The van der Waals surface area contributed by atoms with Gasteiger partial charge in [-0.25, -0.2) is 0 Å². The van der Waals surface area contributed by atoms with Gasteiger partial charge < -0.3 is 4.74 Å². The Kier molecular flexibility index (Phi) is 4.18. The van der Waals surface area contributed by atoms with Crippen molar-refractivity contribution in [2.75, 3.05) is 24.4 Å². The highest BCUT2D eigenvalue weighted by Crippen LogP contribution is 2.40. The molecule has 0 amide bonds. The van der Waals surface area contributed by atoms with Crippen LogP contribution in [0.4, 0.5) is 0 Å². The molecular formula is C12H14O2S2. The number of hydrogen-bond acceptors (Lipinski definition) is 4. The van der Waals surface area contributed by atoms with Gasteiger partial charge in [0.1, 0.15) is 0 Å². The van der Waals surface area contributed by atoms with Crippen molar-refractivity contribution in [2.45, 2.75) is 10.8 Å². The van der Waals surface area contributed by atoms with E-state index in [1.807, 2.05) is 11.8 Å². The average Bonchev–Trinajstić information content (AvgIpc) is 2.73. The molecule has 0 saturated carbocycles. The summed E-state index contributed by atoms with van der Waals surface area (Å²) < 4.78 is 4.62. The number of carbonyl (C=O) groups excluding carboxylic acids is 1. The molecule has 0 radical (unpaired) electrons. The van der Waals surface area contributed by atoms with Gasteiger partial charge in [0.15, 0.2) is 0 Å². The second kappa shape index (κ2) is 5.64. The lowest BCUT2D eigenvalue weighted by Crippen LogP contribution is -2.07. The number of methoxy groups -OCH3 is 1. The fourth-order valence-electron chi connectivity index (χ4n) is 1.71. The van der Waals surface area contributed by atoms with Crippen LogP contribution < -0.4 is 0 Å². The number of hydrogen-bond donors (Lipinski definition) is 0.